The van der Waals surface area contributed by atoms with Crippen molar-refractivity contribution in [2.75, 3.05) is 9.80 Å². The van der Waals surface area contributed by atoms with E-state index in [-0.39, 0.29) is 0 Å². The average molecular weight is 1490 g/mol. The van der Waals surface area contributed by atoms with E-state index in [2.05, 4.69) is 461 Å². The van der Waals surface area contributed by atoms with Crippen LogP contribution in [0.15, 0.2) is 413 Å². The maximum Gasteiger partial charge on any atom is 0.0540 e. The lowest BCUT2D eigenvalue weighted by atomic mass is 9.91. The molecule has 0 atom stereocenters. The maximum atomic E-state index is 2.46. The molecule has 0 N–H and O–H groups in total. The van der Waals surface area contributed by atoms with E-state index in [4.69, 9.17) is 0 Å². The molecule has 16 aromatic rings. The largest absolute Gasteiger partial charge is 0.310 e. The molecule has 0 unspecified atom stereocenters. The summed E-state index contributed by atoms with van der Waals surface area (Å²) in [6.45, 7) is 4.29. The van der Waals surface area contributed by atoms with Gasteiger partial charge in [-0.2, -0.15) is 0 Å². The molecule has 0 amide bonds. The van der Waals surface area contributed by atoms with Crippen LogP contribution in [-0.2, 0) is 25.7 Å². The van der Waals surface area contributed by atoms with Gasteiger partial charge in [-0.1, -0.05) is 375 Å². The van der Waals surface area contributed by atoms with Crippen LogP contribution in [0.4, 0.5) is 34.1 Å². The molecule has 0 heterocycles. The van der Waals surface area contributed by atoms with E-state index in [9.17, 15) is 0 Å². The van der Waals surface area contributed by atoms with E-state index in [1.807, 2.05) is 0 Å². The van der Waals surface area contributed by atoms with Crippen molar-refractivity contribution in [2.24, 2.45) is 0 Å². The van der Waals surface area contributed by atoms with E-state index >= 15 is 0 Å². The fourth-order valence-electron chi connectivity index (χ4n) is 16.7. The number of benzene rings is 16. The second kappa shape index (κ2) is 35.8. The number of nitrogens with zero attached hydrogens (tertiary/aromatic N) is 2. The normalized spacial score (nSPS) is 12.2. The van der Waals surface area contributed by atoms with Gasteiger partial charge in [-0.15, -0.1) is 0 Å². The van der Waals surface area contributed by atoms with Gasteiger partial charge in [0.1, 0.15) is 0 Å². The van der Waals surface area contributed by atoms with Gasteiger partial charge in [0.05, 0.1) is 11.4 Å². The van der Waals surface area contributed by atoms with Crippen LogP contribution in [0, 0.1) is 13.8 Å². The Morgan fingerprint density at radius 3 is 0.948 bits per heavy atom. The molecule has 0 saturated heterocycles. The first-order chi connectivity index (χ1) is 57.3. The fraction of sp³-hybridized carbons (Fsp3) is 0.0877. The van der Waals surface area contributed by atoms with Gasteiger partial charge < -0.3 is 9.80 Å². The van der Waals surface area contributed by atoms with E-state index in [1.54, 1.807) is 0 Å². The molecule has 0 fully saturated rings. The minimum absolute atomic E-state index is 1.13. The minimum atomic E-state index is 1.13. The fourth-order valence-corrected chi connectivity index (χ4v) is 16.7. The maximum absolute atomic E-state index is 2.46. The SMILES string of the molecule is C(/C=C/c1ccc(N(c2ccc3c(c2)CCCC3)c2ccc(C=C(c3ccccc3)c3ccccc3)c3ccccc23)cc1)=C(c1ccccc1)c1ccccc1.Cc1ccc(C(=Cc2ccc(N(c3ccc4c(c3)CCCC4)c3ccc(/C=C/C=C(c4ccccc4)c4ccccc4)c4ccccc34)cc2)c2ccc(C)cc2)cc1. The van der Waals surface area contributed by atoms with Crippen LogP contribution in [0.3, 0.4) is 0 Å². The molecule has 0 bridgehead atoms. The molecule has 2 nitrogen and oxygen atoms in total. The molecule has 0 aromatic heterocycles. The van der Waals surface area contributed by atoms with Crippen LogP contribution >= 0.6 is 0 Å². The number of hydrogen-bond donors (Lipinski definition) is 0. The van der Waals surface area contributed by atoms with Gasteiger partial charge in [0.25, 0.3) is 0 Å². The third-order valence-corrected chi connectivity index (χ3v) is 22.8. The van der Waals surface area contributed by atoms with Crippen molar-refractivity contribution >= 4 is 102 Å². The van der Waals surface area contributed by atoms with Crippen LogP contribution in [0.5, 0.6) is 0 Å². The molecule has 116 heavy (non-hydrogen) atoms. The number of fused-ring (bicyclic) bond motifs is 4. The standard InChI is InChI=1S/C58H49N.C56H45N/c1-42-24-30-49(31-25-42)57(50-32-26-43(2)27-33-50)40-44-28-36-52(37-29-44)59(53-38-34-45-14-9-10-19-51(45)41-53)58-39-35-48(55-21-11-12-22-56(55)58)20-13-23-54(46-15-5-3-6-16-46)47-17-7-4-8-18-47;1-5-20-44(21-6-1)52(45-22-7-2-8-23-45)31-17-18-42-32-36-50(37-33-42)57(51-38-34-43-19-13-14-28-48(43)40-51)56-39-35-49(53-29-15-16-30-54(53)56)41-55(46-24-9-3-10-25-46)47-26-11-4-12-27-47/h3-8,11-13,15-18,20-41H,9-10,14,19H2,1-2H3;1-12,15-18,20-27,29-41H,13-14,19,28H2/b20-13+;18-17+. The van der Waals surface area contributed by atoms with Crippen molar-refractivity contribution in [3.05, 3.63) is 513 Å². The Kier molecular flexibility index (Phi) is 23.1. The zero-order valence-electron chi connectivity index (χ0n) is 66.1. The van der Waals surface area contributed by atoms with E-state index in [1.165, 1.54) is 187 Å². The highest BCUT2D eigenvalue weighted by Gasteiger charge is 2.23. The van der Waals surface area contributed by atoms with E-state index in [0.717, 1.165) is 42.6 Å². The molecular weight excluding hydrogens is 1400 g/mol. The van der Waals surface area contributed by atoms with Crippen molar-refractivity contribution in [3.8, 4) is 0 Å². The number of allylic oxidation sites excluding steroid dienone is 4. The first-order valence-electron chi connectivity index (χ1n) is 41.1. The highest BCUT2D eigenvalue weighted by atomic mass is 15.1. The Morgan fingerprint density at radius 1 is 0.233 bits per heavy atom. The monoisotopic (exact) mass is 1490 g/mol. The molecule has 2 aliphatic carbocycles. The second-order valence-electron chi connectivity index (χ2n) is 30.5. The molecule has 0 spiro atoms. The van der Waals surface area contributed by atoms with Crippen LogP contribution in [0.2, 0.25) is 0 Å². The Bertz CT molecular complexity index is 6080. The van der Waals surface area contributed by atoms with E-state index < -0.39 is 0 Å². The average Bonchev–Trinajstić information content (AvgIpc) is 0.765. The Hall–Kier alpha value is -13.9. The molecule has 560 valence electrons. The van der Waals surface area contributed by atoms with Crippen molar-refractivity contribution in [1.29, 1.82) is 0 Å². The lowest BCUT2D eigenvalue weighted by Crippen LogP contribution is -2.12. The third kappa shape index (κ3) is 17.3. The van der Waals surface area contributed by atoms with Crippen molar-refractivity contribution in [3.63, 3.8) is 0 Å². The first-order valence-corrected chi connectivity index (χ1v) is 41.1. The van der Waals surface area contributed by atoms with Gasteiger partial charge >= 0.3 is 0 Å². The first kappa shape index (κ1) is 74.8. The topological polar surface area (TPSA) is 6.48 Å². The quantitative estimate of drug-likeness (QED) is 0.0554. The summed E-state index contributed by atoms with van der Waals surface area (Å²) in [5.74, 6) is 0. The van der Waals surface area contributed by atoms with Crippen LogP contribution < -0.4 is 9.80 Å². The zero-order chi connectivity index (χ0) is 78.2. The van der Waals surface area contributed by atoms with Crippen molar-refractivity contribution in [1.82, 2.24) is 0 Å². The number of hydrogen-bond acceptors (Lipinski definition) is 2. The number of aryl methyl sites for hydroxylation is 6. The summed E-state index contributed by atoms with van der Waals surface area (Å²) >= 11 is 0. The lowest BCUT2D eigenvalue weighted by Gasteiger charge is -2.29. The molecule has 16 aromatic carbocycles. The lowest BCUT2D eigenvalue weighted by molar-refractivity contribution is 0.685. The van der Waals surface area contributed by atoms with Crippen LogP contribution in [0.25, 0.3) is 68.1 Å². The summed E-state index contributed by atoms with van der Waals surface area (Å²) < 4.78 is 0. The number of rotatable bonds is 20. The van der Waals surface area contributed by atoms with Gasteiger partial charge in [-0.25, -0.2) is 0 Å². The summed E-state index contributed by atoms with van der Waals surface area (Å²) in [5, 5.41) is 4.88. The Morgan fingerprint density at radius 2 is 0.543 bits per heavy atom. The van der Waals surface area contributed by atoms with Gasteiger partial charge in [0.15, 0.2) is 0 Å². The predicted molar refractivity (Wildman–Crippen MR) is 498 cm³/mol. The summed E-state index contributed by atoms with van der Waals surface area (Å²) in [6.07, 6.45) is 27.6. The highest BCUT2D eigenvalue weighted by molar-refractivity contribution is 6.07. The summed E-state index contributed by atoms with van der Waals surface area (Å²) in [7, 11) is 0. The Labute approximate surface area is 685 Å². The summed E-state index contributed by atoms with van der Waals surface area (Å²) in [4.78, 5) is 4.91. The van der Waals surface area contributed by atoms with Gasteiger partial charge in [-0.3, -0.25) is 0 Å². The Balaban J connectivity index is 0.000000167. The van der Waals surface area contributed by atoms with Crippen molar-refractivity contribution < 1.29 is 0 Å². The molecule has 18 rings (SSSR count). The van der Waals surface area contributed by atoms with Crippen LogP contribution in [-0.4, -0.2) is 0 Å². The van der Waals surface area contributed by atoms with Gasteiger partial charge in [-0.05, 0) is 260 Å². The zero-order valence-corrected chi connectivity index (χ0v) is 66.1. The predicted octanol–water partition coefficient (Wildman–Crippen LogP) is 30.5. The van der Waals surface area contributed by atoms with E-state index in [0.29, 0.717) is 0 Å². The van der Waals surface area contributed by atoms with Crippen LogP contribution in [0.1, 0.15) is 126 Å². The molecule has 2 aliphatic rings. The highest BCUT2D eigenvalue weighted by Crippen LogP contribution is 2.45. The smallest absolute Gasteiger partial charge is 0.0540 e. The molecule has 2 heteroatoms. The third-order valence-electron chi connectivity index (χ3n) is 22.8. The minimum Gasteiger partial charge on any atom is -0.310 e. The molecule has 0 radical (unpaired) electrons. The van der Waals surface area contributed by atoms with Gasteiger partial charge in [0.2, 0.25) is 0 Å². The van der Waals surface area contributed by atoms with Crippen molar-refractivity contribution in [2.45, 2.75) is 65.2 Å². The molecular formula is C114H94N2. The second-order valence-corrected chi connectivity index (χ2v) is 30.5. The molecule has 0 saturated carbocycles. The number of anilines is 6. The summed E-state index contributed by atoms with van der Waals surface area (Å²) in [5.41, 5.74) is 34.6. The summed E-state index contributed by atoms with van der Waals surface area (Å²) in [6, 6.07) is 141. The van der Waals surface area contributed by atoms with Gasteiger partial charge in [0, 0.05) is 33.5 Å². The molecule has 0 aliphatic heterocycles.